The summed E-state index contributed by atoms with van der Waals surface area (Å²) in [6.45, 7) is 0. The van der Waals surface area contributed by atoms with E-state index < -0.39 is 10.8 Å². The van der Waals surface area contributed by atoms with Crippen LogP contribution in [0.4, 0.5) is 17.1 Å². The number of hydrogen-bond donors (Lipinski definition) is 0. The van der Waals surface area contributed by atoms with Crippen LogP contribution in [-0.4, -0.2) is 0 Å². The molecule has 73 heavy (non-hydrogen) atoms. The van der Waals surface area contributed by atoms with Crippen molar-refractivity contribution in [1.29, 1.82) is 0 Å². The average molecular weight is 928 g/mol. The summed E-state index contributed by atoms with van der Waals surface area (Å²) in [5, 5.41) is 2.50. The molecule has 14 rings (SSSR count). The summed E-state index contributed by atoms with van der Waals surface area (Å²) < 4.78 is 0. The standard InChI is InChI=1S/C72H49N/c1-4-20-50(21-5-1)51-38-44-57(45-39-51)73(58-46-40-53(41-47-58)61-30-18-23-52-22-10-11-28-60(52)61)59-48-42-54(43-49-59)62-31-19-37-69-70(62)63-29-12-13-32-64(63)72(69)67-35-16-14-33-65(67)71(55-24-6-2-7-25-55,56-26-8-3-9-27-56)66-34-15-17-36-68(66)72/h1-49H. The Labute approximate surface area is 427 Å². The Morgan fingerprint density at radius 2 is 0.589 bits per heavy atom. The van der Waals surface area contributed by atoms with E-state index in [-0.39, 0.29) is 0 Å². The minimum absolute atomic E-state index is 0.546. The third-order valence-electron chi connectivity index (χ3n) is 15.8. The van der Waals surface area contributed by atoms with Crippen LogP contribution in [0.3, 0.4) is 0 Å². The highest BCUT2D eigenvalue weighted by Crippen LogP contribution is 2.65. The lowest BCUT2D eigenvalue weighted by Gasteiger charge is -2.50. The van der Waals surface area contributed by atoms with E-state index in [0.29, 0.717) is 0 Å². The Morgan fingerprint density at radius 1 is 0.219 bits per heavy atom. The fraction of sp³-hybridized carbons (Fsp3) is 0.0278. The second-order valence-corrected chi connectivity index (χ2v) is 19.5. The lowest BCUT2D eigenvalue weighted by molar-refractivity contribution is 0.623. The number of nitrogens with zero attached hydrogens (tertiary/aromatic N) is 1. The third kappa shape index (κ3) is 6.49. The monoisotopic (exact) mass is 927 g/mol. The molecule has 0 amide bonds. The van der Waals surface area contributed by atoms with E-state index in [9.17, 15) is 0 Å². The van der Waals surface area contributed by atoms with Crippen molar-refractivity contribution >= 4 is 27.8 Å². The molecule has 0 heterocycles. The van der Waals surface area contributed by atoms with Gasteiger partial charge in [0, 0.05) is 17.1 Å². The highest BCUT2D eigenvalue weighted by atomic mass is 15.1. The van der Waals surface area contributed by atoms with Crippen LogP contribution < -0.4 is 4.90 Å². The van der Waals surface area contributed by atoms with E-state index in [4.69, 9.17) is 0 Å². The van der Waals surface area contributed by atoms with Gasteiger partial charge >= 0.3 is 0 Å². The summed E-state index contributed by atoms with van der Waals surface area (Å²) in [6.07, 6.45) is 0. The quantitative estimate of drug-likeness (QED) is 0.147. The zero-order valence-electron chi connectivity index (χ0n) is 40.2. The first-order chi connectivity index (χ1) is 36.2. The average Bonchev–Trinajstić information content (AvgIpc) is 3.78. The predicted molar refractivity (Wildman–Crippen MR) is 304 cm³/mol. The fourth-order valence-corrected chi connectivity index (χ4v) is 12.8. The highest BCUT2D eigenvalue weighted by Gasteiger charge is 2.56. The lowest BCUT2D eigenvalue weighted by atomic mass is 9.51. The molecular weight excluding hydrogens is 879 g/mol. The summed E-state index contributed by atoms with van der Waals surface area (Å²) in [5.74, 6) is 0. The Balaban J connectivity index is 0.923. The summed E-state index contributed by atoms with van der Waals surface area (Å²) in [4.78, 5) is 2.38. The Morgan fingerprint density at radius 3 is 1.16 bits per heavy atom. The van der Waals surface area contributed by atoms with E-state index in [2.05, 4.69) is 302 Å². The van der Waals surface area contributed by atoms with Crippen molar-refractivity contribution in [2.24, 2.45) is 0 Å². The van der Waals surface area contributed by atoms with E-state index in [1.165, 1.54) is 99.8 Å². The van der Waals surface area contributed by atoms with Crippen molar-refractivity contribution < 1.29 is 0 Å². The van der Waals surface area contributed by atoms with E-state index in [1.807, 2.05) is 0 Å². The normalized spacial score (nSPS) is 13.4. The van der Waals surface area contributed by atoms with Gasteiger partial charge in [-0.2, -0.15) is 0 Å². The molecule has 0 aromatic heterocycles. The van der Waals surface area contributed by atoms with Crippen LogP contribution >= 0.6 is 0 Å². The summed E-state index contributed by atoms with van der Waals surface area (Å²) in [6, 6.07) is 110. The van der Waals surface area contributed by atoms with Gasteiger partial charge in [-0.05, 0) is 136 Å². The molecule has 342 valence electrons. The zero-order chi connectivity index (χ0) is 48.3. The van der Waals surface area contributed by atoms with E-state index >= 15 is 0 Å². The maximum Gasteiger partial charge on any atom is 0.0720 e. The lowest BCUT2D eigenvalue weighted by Crippen LogP contribution is -2.44. The molecule has 0 bridgehead atoms. The van der Waals surface area contributed by atoms with Crippen LogP contribution in [0, 0.1) is 0 Å². The first-order valence-corrected chi connectivity index (χ1v) is 25.4. The van der Waals surface area contributed by atoms with Crippen LogP contribution in [0.1, 0.15) is 44.5 Å². The number of benzene rings is 12. The summed E-state index contributed by atoms with van der Waals surface area (Å²) >= 11 is 0. The SMILES string of the molecule is c1ccc(-c2ccc(N(c3ccc(-c4cccc5c4-c4ccccc4C54c5ccccc5C(c5ccccc5)(c5ccccc5)c5ccccc54)cc3)c3ccc(-c4cccc5ccccc45)cc3)cc2)cc1. The topological polar surface area (TPSA) is 3.24 Å². The molecular formula is C72H49N. The van der Waals surface area contributed by atoms with Gasteiger partial charge in [-0.1, -0.05) is 261 Å². The minimum atomic E-state index is -0.566. The second kappa shape index (κ2) is 17.2. The van der Waals surface area contributed by atoms with Crippen LogP contribution in [0.2, 0.25) is 0 Å². The van der Waals surface area contributed by atoms with Gasteiger partial charge in [0.2, 0.25) is 0 Å². The van der Waals surface area contributed by atoms with Gasteiger partial charge in [0.15, 0.2) is 0 Å². The molecule has 0 saturated carbocycles. The Bertz CT molecular complexity index is 3890. The summed E-state index contributed by atoms with van der Waals surface area (Å²) in [5.41, 5.74) is 22.4. The molecule has 1 spiro atoms. The molecule has 0 aliphatic heterocycles. The number of rotatable bonds is 8. The van der Waals surface area contributed by atoms with E-state index in [1.54, 1.807) is 0 Å². The van der Waals surface area contributed by atoms with Crippen molar-refractivity contribution in [1.82, 2.24) is 0 Å². The van der Waals surface area contributed by atoms with Crippen molar-refractivity contribution in [3.63, 3.8) is 0 Å². The molecule has 0 atom stereocenters. The van der Waals surface area contributed by atoms with Gasteiger partial charge in [-0.3, -0.25) is 0 Å². The minimum Gasteiger partial charge on any atom is -0.311 e. The van der Waals surface area contributed by atoms with E-state index in [0.717, 1.165) is 17.1 Å². The van der Waals surface area contributed by atoms with Crippen molar-refractivity contribution in [3.8, 4) is 44.5 Å². The molecule has 2 aliphatic rings. The Kier molecular flexibility index (Phi) is 10.0. The molecule has 2 aliphatic carbocycles. The maximum absolute atomic E-state index is 2.41. The molecule has 12 aromatic rings. The molecule has 0 N–H and O–H groups in total. The molecule has 1 nitrogen and oxygen atoms in total. The number of hydrogen-bond acceptors (Lipinski definition) is 1. The number of fused-ring (bicyclic) bond motifs is 10. The Hall–Kier alpha value is -9.30. The van der Waals surface area contributed by atoms with Gasteiger partial charge in [-0.15, -0.1) is 0 Å². The van der Waals surface area contributed by atoms with Crippen molar-refractivity contribution in [2.75, 3.05) is 4.90 Å². The first kappa shape index (κ1) is 42.6. The number of anilines is 3. The van der Waals surface area contributed by atoms with Gasteiger partial charge < -0.3 is 4.90 Å². The molecule has 0 fully saturated rings. The molecule has 0 saturated heterocycles. The van der Waals surface area contributed by atoms with Crippen LogP contribution in [-0.2, 0) is 10.8 Å². The van der Waals surface area contributed by atoms with Gasteiger partial charge in [-0.25, -0.2) is 0 Å². The molecule has 0 unspecified atom stereocenters. The zero-order valence-corrected chi connectivity index (χ0v) is 40.2. The highest BCUT2D eigenvalue weighted by molar-refractivity contribution is 5.99. The van der Waals surface area contributed by atoms with Crippen LogP contribution in [0.5, 0.6) is 0 Å². The van der Waals surface area contributed by atoms with Crippen LogP contribution in [0.15, 0.2) is 297 Å². The van der Waals surface area contributed by atoms with Gasteiger partial charge in [0.25, 0.3) is 0 Å². The van der Waals surface area contributed by atoms with Gasteiger partial charge in [0.05, 0.1) is 10.8 Å². The van der Waals surface area contributed by atoms with Crippen molar-refractivity contribution in [3.05, 3.63) is 342 Å². The third-order valence-corrected chi connectivity index (χ3v) is 15.8. The van der Waals surface area contributed by atoms with Gasteiger partial charge in [0.1, 0.15) is 0 Å². The largest absolute Gasteiger partial charge is 0.311 e. The fourth-order valence-electron chi connectivity index (χ4n) is 12.8. The molecule has 1 heteroatoms. The predicted octanol–water partition coefficient (Wildman–Crippen LogP) is 18.4. The van der Waals surface area contributed by atoms with Crippen molar-refractivity contribution in [2.45, 2.75) is 10.8 Å². The van der Waals surface area contributed by atoms with Crippen LogP contribution in [0.25, 0.3) is 55.3 Å². The first-order valence-electron chi connectivity index (χ1n) is 25.4. The smallest absolute Gasteiger partial charge is 0.0720 e. The maximum atomic E-state index is 2.41. The molecule has 12 aromatic carbocycles. The molecule has 0 radical (unpaired) electrons. The second-order valence-electron chi connectivity index (χ2n) is 19.5. The summed E-state index contributed by atoms with van der Waals surface area (Å²) in [7, 11) is 0.